The van der Waals surface area contributed by atoms with Crippen LogP contribution in [0.5, 0.6) is 5.75 Å². The summed E-state index contributed by atoms with van der Waals surface area (Å²) in [5.41, 5.74) is 1.36. The van der Waals surface area contributed by atoms with Crippen molar-refractivity contribution >= 4 is 34.8 Å². The number of hydrogen-bond donors (Lipinski definition) is 1. The Balaban J connectivity index is 2.05. The van der Waals surface area contributed by atoms with Gasteiger partial charge in [0.25, 0.3) is 0 Å². The fourth-order valence-electron chi connectivity index (χ4n) is 1.99. The third-order valence-corrected chi connectivity index (χ3v) is 3.48. The SMILES string of the molecule is COCCOc1ccc(Cl)cc1NC(=O)Cc1cccc(Cl)c1. The third-order valence-electron chi connectivity index (χ3n) is 3.01. The highest BCUT2D eigenvalue weighted by Crippen LogP contribution is 2.28. The Hall–Kier alpha value is -1.75. The molecule has 0 atom stereocenters. The van der Waals surface area contributed by atoms with Gasteiger partial charge in [0.2, 0.25) is 5.91 Å². The highest BCUT2D eigenvalue weighted by atomic mass is 35.5. The van der Waals surface area contributed by atoms with E-state index in [1.165, 1.54) is 0 Å². The average Bonchev–Trinajstić information content (AvgIpc) is 2.49. The molecule has 23 heavy (non-hydrogen) atoms. The van der Waals surface area contributed by atoms with Crippen LogP contribution in [0.3, 0.4) is 0 Å². The molecule has 0 spiro atoms. The molecule has 0 aliphatic rings. The second-order valence-electron chi connectivity index (χ2n) is 4.84. The number of benzene rings is 2. The van der Waals surface area contributed by atoms with E-state index in [0.717, 1.165) is 5.56 Å². The second kappa shape index (κ2) is 8.77. The summed E-state index contributed by atoms with van der Waals surface area (Å²) in [5.74, 6) is 0.372. The lowest BCUT2D eigenvalue weighted by atomic mass is 10.1. The van der Waals surface area contributed by atoms with Crippen LogP contribution in [0.1, 0.15) is 5.56 Å². The van der Waals surface area contributed by atoms with Gasteiger partial charge in [0.1, 0.15) is 12.4 Å². The molecule has 2 rings (SSSR count). The maximum Gasteiger partial charge on any atom is 0.228 e. The van der Waals surface area contributed by atoms with Crippen molar-refractivity contribution in [1.82, 2.24) is 0 Å². The minimum Gasteiger partial charge on any atom is -0.489 e. The van der Waals surface area contributed by atoms with Crippen molar-refractivity contribution in [2.45, 2.75) is 6.42 Å². The summed E-state index contributed by atoms with van der Waals surface area (Å²) >= 11 is 11.9. The van der Waals surface area contributed by atoms with E-state index in [9.17, 15) is 4.79 Å². The first-order valence-corrected chi connectivity index (χ1v) is 7.79. The van der Waals surface area contributed by atoms with Crippen molar-refractivity contribution in [3.63, 3.8) is 0 Å². The van der Waals surface area contributed by atoms with E-state index >= 15 is 0 Å². The van der Waals surface area contributed by atoms with Crippen molar-refractivity contribution in [3.05, 3.63) is 58.1 Å². The summed E-state index contributed by atoms with van der Waals surface area (Å²) in [6.45, 7) is 0.841. The van der Waals surface area contributed by atoms with E-state index in [1.807, 2.05) is 12.1 Å². The summed E-state index contributed by atoms with van der Waals surface area (Å²) in [4.78, 5) is 12.2. The highest BCUT2D eigenvalue weighted by molar-refractivity contribution is 6.31. The number of amides is 1. The van der Waals surface area contributed by atoms with Crippen LogP contribution in [0, 0.1) is 0 Å². The molecule has 2 aromatic carbocycles. The Morgan fingerprint density at radius 1 is 1.09 bits per heavy atom. The number of anilines is 1. The van der Waals surface area contributed by atoms with Crippen molar-refractivity contribution in [1.29, 1.82) is 0 Å². The number of rotatable bonds is 7. The molecule has 2 aromatic rings. The quantitative estimate of drug-likeness (QED) is 0.758. The summed E-state index contributed by atoms with van der Waals surface area (Å²) < 4.78 is 10.5. The van der Waals surface area contributed by atoms with E-state index in [2.05, 4.69) is 5.32 Å². The Kier molecular flexibility index (Phi) is 6.71. The summed E-state index contributed by atoms with van der Waals surface area (Å²) in [6, 6.07) is 12.3. The maximum atomic E-state index is 12.2. The van der Waals surface area contributed by atoms with Crippen LogP contribution in [0.4, 0.5) is 5.69 Å². The van der Waals surface area contributed by atoms with Crippen molar-refractivity contribution in [2.75, 3.05) is 25.6 Å². The van der Waals surface area contributed by atoms with Crippen LogP contribution in [0.15, 0.2) is 42.5 Å². The van der Waals surface area contributed by atoms with Crippen molar-refractivity contribution < 1.29 is 14.3 Å². The van der Waals surface area contributed by atoms with Gasteiger partial charge < -0.3 is 14.8 Å². The van der Waals surface area contributed by atoms with Crippen LogP contribution >= 0.6 is 23.2 Å². The van der Waals surface area contributed by atoms with Gasteiger partial charge in [-0.05, 0) is 35.9 Å². The fraction of sp³-hybridized carbons (Fsp3) is 0.235. The van der Waals surface area contributed by atoms with Gasteiger partial charge in [0, 0.05) is 17.2 Å². The van der Waals surface area contributed by atoms with E-state index < -0.39 is 0 Å². The molecule has 1 N–H and O–H groups in total. The van der Waals surface area contributed by atoms with Gasteiger partial charge in [-0.2, -0.15) is 0 Å². The monoisotopic (exact) mass is 353 g/mol. The first kappa shape index (κ1) is 17.6. The molecule has 0 bridgehead atoms. The zero-order chi connectivity index (χ0) is 16.7. The summed E-state index contributed by atoms with van der Waals surface area (Å²) in [7, 11) is 1.60. The van der Waals surface area contributed by atoms with Crippen LogP contribution in [-0.4, -0.2) is 26.2 Å². The van der Waals surface area contributed by atoms with Crippen LogP contribution in [0.2, 0.25) is 10.0 Å². The standard InChI is InChI=1S/C17H17Cl2NO3/c1-22-7-8-23-16-6-5-14(19)11-15(16)20-17(21)10-12-3-2-4-13(18)9-12/h2-6,9,11H,7-8,10H2,1H3,(H,20,21). The van der Waals surface area contributed by atoms with Crippen LogP contribution in [0.25, 0.3) is 0 Å². The van der Waals surface area contributed by atoms with Gasteiger partial charge in [-0.15, -0.1) is 0 Å². The Labute approximate surface area is 145 Å². The lowest BCUT2D eigenvalue weighted by Gasteiger charge is -2.13. The van der Waals surface area contributed by atoms with Gasteiger partial charge in [-0.3, -0.25) is 4.79 Å². The molecule has 0 saturated carbocycles. The lowest BCUT2D eigenvalue weighted by Crippen LogP contribution is -2.16. The third kappa shape index (κ3) is 5.75. The molecule has 0 heterocycles. The zero-order valence-electron chi connectivity index (χ0n) is 12.6. The number of ether oxygens (including phenoxy) is 2. The van der Waals surface area contributed by atoms with Gasteiger partial charge in [0.05, 0.1) is 18.7 Å². The first-order valence-electron chi connectivity index (χ1n) is 7.04. The topological polar surface area (TPSA) is 47.6 Å². The molecule has 1 amide bonds. The number of halogens is 2. The Morgan fingerprint density at radius 3 is 2.61 bits per heavy atom. The molecule has 4 nitrogen and oxygen atoms in total. The van der Waals surface area contributed by atoms with Crippen LogP contribution < -0.4 is 10.1 Å². The zero-order valence-corrected chi connectivity index (χ0v) is 14.2. The minimum atomic E-state index is -0.175. The largest absolute Gasteiger partial charge is 0.489 e. The molecular formula is C17H17Cl2NO3. The molecule has 0 fully saturated rings. The molecule has 0 unspecified atom stereocenters. The first-order chi connectivity index (χ1) is 11.1. The molecule has 6 heteroatoms. The van der Waals surface area contributed by atoms with Gasteiger partial charge >= 0.3 is 0 Å². The predicted molar refractivity (Wildman–Crippen MR) is 92.6 cm³/mol. The molecule has 0 saturated heterocycles. The molecule has 0 aromatic heterocycles. The second-order valence-corrected chi connectivity index (χ2v) is 5.71. The van der Waals surface area contributed by atoms with Crippen molar-refractivity contribution in [2.24, 2.45) is 0 Å². The molecule has 0 radical (unpaired) electrons. The minimum absolute atomic E-state index is 0.175. The predicted octanol–water partition coefficient (Wildman–Crippen LogP) is 4.20. The van der Waals surface area contributed by atoms with Crippen LogP contribution in [-0.2, 0) is 16.0 Å². The lowest BCUT2D eigenvalue weighted by molar-refractivity contribution is -0.115. The number of hydrogen-bond acceptors (Lipinski definition) is 3. The van der Waals surface area contributed by atoms with E-state index in [1.54, 1.807) is 37.4 Å². The van der Waals surface area contributed by atoms with E-state index in [4.69, 9.17) is 32.7 Å². The molecular weight excluding hydrogens is 337 g/mol. The Morgan fingerprint density at radius 2 is 1.87 bits per heavy atom. The van der Waals surface area contributed by atoms with Gasteiger partial charge in [-0.1, -0.05) is 35.3 Å². The summed E-state index contributed by atoms with van der Waals surface area (Å²) in [5, 5.41) is 3.93. The van der Waals surface area contributed by atoms with Gasteiger partial charge in [-0.25, -0.2) is 0 Å². The number of carbonyl (C=O) groups excluding carboxylic acids is 1. The average molecular weight is 354 g/mol. The van der Waals surface area contributed by atoms with Crippen molar-refractivity contribution in [3.8, 4) is 5.75 Å². The maximum absolute atomic E-state index is 12.2. The van der Waals surface area contributed by atoms with E-state index in [0.29, 0.717) is 34.7 Å². The molecule has 122 valence electrons. The number of nitrogens with one attached hydrogen (secondary N) is 1. The highest BCUT2D eigenvalue weighted by Gasteiger charge is 2.10. The van der Waals surface area contributed by atoms with Gasteiger partial charge in [0.15, 0.2) is 0 Å². The number of carbonyl (C=O) groups is 1. The Bertz CT molecular complexity index is 677. The normalized spacial score (nSPS) is 10.4. The fourth-order valence-corrected chi connectivity index (χ4v) is 2.37. The molecule has 0 aliphatic carbocycles. The summed E-state index contributed by atoms with van der Waals surface area (Å²) in [6.07, 6.45) is 0.213. The number of methoxy groups -OCH3 is 1. The molecule has 0 aliphatic heterocycles. The smallest absolute Gasteiger partial charge is 0.228 e. The van der Waals surface area contributed by atoms with E-state index in [-0.39, 0.29) is 12.3 Å².